The van der Waals surface area contributed by atoms with E-state index in [-0.39, 0.29) is 22.0 Å². The second-order valence-electron chi connectivity index (χ2n) is 5.59. The first-order valence-electron chi connectivity index (χ1n) is 7.74. The molecule has 2 aromatic heterocycles. The Bertz CT molecular complexity index is 1040. The van der Waals surface area contributed by atoms with Crippen molar-refractivity contribution in [2.75, 3.05) is 0 Å². The highest BCUT2D eigenvalue weighted by atomic mass is 35.5. The number of nitrogens with one attached hydrogen (secondary N) is 2. The SMILES string of the molecule is Cc1occc1C(=O)NNC(=O)c1cnn(-c2cccc(Cl)c2)c1C(F)(F)F. The van der Waals surface area contributed by atoms with Gasteiger partial charge in [-0.05, 0) is 31.2 Å². The van der Waals surface area contributed by atoms with Crippen LogP contribution in [0.4, 0.5) is 13.2 Å². The number of hydrogen-bond acceptors (Lipinski definition) is 4. The van der Waals surface area contributed by atoms with Gasteiger partial charge in [-0.3, -0.25) is 20.4 Å². The number of carbonyl (C=O) groups excluding carboxylic acids is 2. The molecule has 0 unspecified atom stereocenters. The van der Waals surface area contributed by atoms with Crippen LogP contribution >= 0.6 is 11.6 Å². The molecule has 0 saturated heterocycles. The number of aromatic nitrogens is 2. The van der Waals surface area contributed by atoms with Crippen molar-refractivity contribution >= 4 is 23.4 Å². The van der Waals surface area contributed by atoms with E-state index in [1.165, 1.54) is 43.5 Å². The molecule has 0 saturated carbocycles. The summed E-state index contributed by atoms with van der Waals surface area (Å²) in [4.78, 5) is 24.2. The molecule has 0 spiro atoms. The highest BCUT2D eigenvalue weighted by molar-refractivity contribution is 6.30. The Morgan fingerprint density at radius 1 is 1.14 bits per heavy atom. The number of alkyl halides is 3. The van der Waals surface area contributed by atoms with Crippen molar-refractivity contribution in [3.63, 3.8) is 0 Å². The van der Waals surface area contributed by atoms with E-state index in [1.807, 2.05) is 10.9 Å². The van der Waals surface area contributed by atoms with E-state index in [2.05, 4.69) is 5.10 Å². The van der Waals surface area contributed by atoms with Crippen molar-refractivity contribution in [1.29, 1.82) is 0 Å². The average molecular weight is 413 g/mol. The van der Waals surface area contributed by atoms with Crippen LogP contribution in [0.25, 0.3) is 5.69 Å². The molecule has 2 N–H and O–H groups in total. The lowest BCUT2D eigenvalue weighted by atomic mass is 10.2. The molecule has 0 bridgehead atoms. The molecule has 1 aromatic carbocycles. The van der Waals surface area contributed by atoms with Gasteiger partial charge in [-0.15, -0.1) is 0 Å². The fourth-order valence-electron chi connectivity index (χ4n) is 2.46. The fraction of sp³-hybridized carbons (Fsp3) is 0.118. The second-order valence-corrected chi connectivity index (χ2v) is 6.03. The monoisotopic (exact) mass is 412 g/mol. The summed E-state index contributed by atoms with van der Waals surface area (Å²) in [6, 6.07) is 6.93. The molecule has 0 aliphatic carbocycles. The summed E-state index contributed by atoms with van der Waals surface area (Å²) in [6.45, 7) is 1.52. The van der Waals surface area contributed by atoms with Gasteiger partial charge in [0.15, 0.2) is 5.69 Å². The van der Waals surface area contributed by atoms with Crippen LogP contribution in [-0.4, -0.2) is 21.6 Å². The van der Waals surface area contributed by atoms with E-state index < -0.39 is 29.2 Å². The van der Waals surface area contributed by atoms with Gasteiger partial charge in [0.05, 0.1) is 29.3 Å². The molecule has 7 nitrogen and oxygen atoms in total. The zero-order valence-corrected chi connectivity index (χ0v) is 14.9. The summed E-state index contributed by atoms with van der Waals surface area (Å²) in [7, 11) is 0. The van der Waals surface area contributed by atoms with E-state index in [0.717, 1.165) is 6.20 Å². The molecule has 0 aliphatic rings. The molecular weight excluding hydrogens is 401 g/mol. The normalized spacial score (nSPS) is 11.3. The Morgan fingerprint density at radius 3 is 2.39 bits per heavy atom. The van der Waals surface area contributed by atoms with Crippen LogP contribution in [0.3, 0.4) is 0 Å². The maximum absolute atomic E-state index is 13.6. The Hall–Kier alpha value is -3.27. The molecule has 2 amide bonds. The van der Waals surface area contributed by atoms with Crippen LogP contribution in [0.5, 0.6) is 0 Å². The number of aryl methyl sites for hydroxylation is 1. The van der Waals surface area contributed by atoms with Crippen LogP contribution in [0.2, 0.25) is 5.02 Å². The number of carbonyl (C=O) groups is 2. The number of furan rings is 1. The van der Waals surface area contributed by atoms with Crippen molar-refractivity contribution in [1.82, 2.24) is 20.6 Å². The lowest BCUT2D eigenvalue weighted by Gasteiger charge is -2.13. The number of benzene rings is 1. The van der Waals surface area contributed by atoms with Crippen LogP contribution in [0, 0.1) is 6.92 Å². The van der Waals surface area contributed by atoms with E-state index in [0.29, 0.717) is 4.68 Å². The van der Waals surface area contributed by atoms with Gasteiger partial charge in [-0.2, -0.15) is 18.3 Å². The van der Waals surface area contributed by atoms with Gasteiger partial charge in [0.1, 0.15) is 5.76 Å². The molecule has 2 heterocycles. The largest absolute Gasteiger partial charge is 0.469 e. The molecular formula is C17H12ClF3N4O3. The van der Waals surface area contributed by atoms with Gasteiger partial charge < -0.3 is 4.42 Å². The zero-order chi connectivity index (χ0) is 20.5. The minimum atomic E-state index is -4.89. The van der Waals surface area contributed by atoms with E-state index >= 15 is 0 Å². The Labute approximate surface area is 161 Å². The third kappa shape index (κ3) is 3.86. The molecule has 11 heteroatoms. The van der Waals surface area contributed by atoms with Crippen molar-refractivity contribution < 1.29 is 27.2 Å². The third-order valence-corrected chi connectivity index (χ3v) is 3.96. The molecule has 0 radical (unpaired) electrons. The van der Waals surface area contributed by atoms with Gasteiger partial charge in [0.25, 0.3) is 11.8 Å². The lowest BCUT2D eigenvalue weighted by Crippen LogP contribution is -2.42. The van der Waals surface area contributed by atoms with Gasteiger partial charge in [-0.25, -0.2) is 4.68 Å². The van der Waals surface area contributed by atoms with Crippen LogP contribution in [-0.2, 0) is 6.18 Å². The van der Waals surface area contributed by atoms with Gasteiger partial charge in [0, 0.05) is 5.02 Å². The highest BCUT2D eigenvalue weighted by Crippen LogP contribution is 2.34. The summed E-state index contributed by atoms with van der Waals surface area (Å²) < 4.78 is 46.3. The van der Waals surface area contributed by atoms with E-state index in [9.17, 15) is 22.8 Å². The zero-order valence-electron chi connectivity index (χ0n) is 14.2. The number of rotatable bonds is 3. The van der Waals surface area contributed by atoms with Gasteiger partial charge in [0.2, 0.25) is 0 Å². The first-order valence-corrected chi connectivity index (χ1v) is 8.12. The summed E-state index contributed by atoms with van der Waals surface area (Å²) in [5, 5.41) is 3.86. The fourth-order valence-corrected chi connectivity index (χ4v) is 2.64. The maximum atomic E-state index is 13.6. The first kappa shape index (κ1) is 19.5. The smallest absolute Gasteiger partial charge is 0.434 e. The summed E-state index contributed by atoms with van der Waals surface area (Å²) in [5.41, 5.74) is 2.06. The molecule has 28 heavy (non-hydrogen) atoms. The van der Waals surface area contributed by atoms with Crippen LogP contribution in [0.1, 0.15) is 32.2 Å². The molecule has 0 atom stereocenters. The standard InChI is InChI=1S/C17H12ClF3N4O3/c1-9-12(5-6-28-9)15(26)23-24-16(27)13-8-22-25(14(13)17(19,20)21)11-4-2-3-10(18)7-11/h2-8H,1H3,(H,23,26)(H,24,27). The number of nitrogens with zero attached hydrogens (tertiary/aromatic N) is 2. The Balaban J connectivity index is 1.88. The summed E-state index contributed by atoms with van der Waals surface area (Å²) in [5.74, 6) is -1.64. The topological polar surface area (TPSA) is 89.2 Å². The predicted molar refractivity (Wildman–Crippen MR) is 92.0 cm³/mol. The summed E-state index contributed by atoms with van der Waals surface area (Å²) >= 11 is 5.82. The third-order valence-electron chi connectivity index (χ3n) is 3.73. The number of hydrazine groups is 1. The maximum Gasteiger partial charge on any atom is 0.434 e. The average Bonchev–Trinajstić information content (AvgIpc) is 3.25. The van der Waals surface area contributed by atoms with E-state index in [1.54, 1.807) is 0 Å². The van der Waals surface area contributed by atoms with Gasteiger partial charge in [-0.1, -0.05) is 17.7 Å². The van der Waals surface area contributed by atoms with Crippen molar-refractivity contribution in [3.8, 4) is 5.69 Å². The minimum absolute atomic E-state index is 0.0249. The quantitative estimate of drug-likeness (QED) is 0.644. The minimum Gasteiger partial charge on any atom is -0.469 e. The number of hydrogen-bond donors (Lipinski definition) is 2. The summed E-state index contributed by atoms with van der Waals surface area (Å²) in [6.07, 6.45) is -2.87. The Morgan fingerprint density at radius 2 is 1.82 bits per heavy atom. The van der Waals surface area contributed by atoms with Crippen LogP contribution < -0.4 is 10.9 Å². The molecule has 0 aliphatic heterocycles. The van der Waals surface area contributed by atoms with E-state index in [4.69, 9.17) is 16.0 Å². The first-order chi connectivity index (χ1) is 13.2. The van der Waals surface area contributed by atoms with Crippen LogP contribution in [0.15, 0.2) is 47.2 Å². The van der Waals surface area contributed by atoms with Crippen molar-refractivity contribution in [2.45, 2.75) is 13.1 Å². The van der Waals surface area contributed by atoms with Gasteiger partial charge >= 0.3 is 6.18 Å². The molecule has 3 aromatic rings. The van der Waals surface area contributed by atoms with Crippen molar-refractivity contribution in [2.24, 2.45) is 0 Å². The molecule has 3 rings (SSSR count). The number of halogens is 4. The predicted octanol–water partition coefficient (Wildman–Crippen LogP) is 3.52. The Kier molecular flexibility index (Phi) is 5.14. The number of amides is 2. The second kappa shape index (κ2) is 7.39. The lowest BCUT2D eigenvalue weighted by molar-refractivity contribution is -0.143. The molecule has 146 valence electrons. The van der Waals surface area contributed by atoms with Crippen molar-refractivity contribution in [3.05, 3.63) is 70.4 Å². The molecule has 0 fully saturated rings. The highest BCUT2D eigenvalue weighted by Gasteiger charge is 2.40.